The number of urea groups is 1. The van der Waals surface area contributed by atoms with Crippen LogP contribution in [0.2, 0.25) is 0 Å². The molecule has 110 valence electrons. The quantitative estimate of drug-likeness (QED) is 0.894. The van der Waals surface area contributed by atoms with E-state index in [1.54, 1.807) is 11.1 Å². The maximum atomic E-state index is 12.1. The summed E-state index contributed by atoms with van der Waals surface area (Å²) in [4.78, 5) is 29.7. The molecule has 2 N–H and O–H groups in total. The van der Waals surface area contributed by atoms with Crippen molar-refractivity contribution in [3.05, 3.63) is 11.6 Å². The Morgan fingerprint density at radius 2 is 2.10 bits per heavy atom. The number of carbonyl (C=O) groups is 2. The van der Waals surface area contributed by atoms with Crippen molar-refractivity contribution in [1.82, 2.24) is 15.2 Å². The summed E-state index contributed by atoms with van der Waals surface area (Å²) in [7, 11) is 0. The second kappa shape index (κ2) is 6.69. The fraction of sp³-hybridized carbons (Fsp3) is 0.615. The van der Waals surface area contributed by atoms with Crippen LogP contribution in [0.3, 0.4) is 0 Å². The molecule has 0 bridgehead atoms. The number of likely N-dealkylation sites (tertiary alicyclic amines) is 1. The van der Waals surface area contributed by atoms with E-state index in [-0.39, 0.29) is 23.9 Å². The van der Waals surface area contributed by atoms with Crippen LogP contribution in [0.25, 0.3) is 0 Å². The van der Waals surface area contributed by atoms with Crippen molar-refractivity contribution < 1.29 is 9.59 Å². The van der Waals surface area contributed by atoms with Gasteiger partial charge in [-0.25, -0.2) is 9.78 Å². The number of anilines is 1. The standard InChI is InChI=1S/C13H20N4O2S/c1-9(2)15-13(19)17-6-3-10(4-7-17)11(18)16-12-14-5-8-20-12/h5,8-10H,3-4,6-7H2,1-2H3,(H,15,19)(H,14,16,18). The van der Waals surface area contributed by atoms with E-state index < -0.39 is 0 Å². The summed E-state index contributed by atoms with van der Waals surface area (Å²) in [6.45, 7) is 5.11. The lowest BCUT2D eigenvalue weighted by molar-refractivity contribution is -0.121. The lowest BCUT2D eigenvalue weighted by Gasteiger charge is -2.31. The zero-order chi connectivity index (χ0) is 14.5. The number of rotatable bonds is 3. The van der Waals surface area contributed by atoms with E-state index in [9.17, 15) is 9.59 Å². The van der Waals surface area contributed by atoms with Gasteiger partial charge in [-0.1, -0.05) is 0 Å². The van der Waals surface area contributed by atoms with Crippen LogP contribution >= 0.6 is 11.3 Å². The topological polar surface area (TPSA) is 74.3 Å². The fourth-order valence-electron chi connectivity index (χ4n) is 2.18. The predicted octanol–water partition coefficient (Wildman–Crippen LogP) is 1.91. The van der Waals surface area contributed by atoms with Crippen LogP contribution in [0.5, 0.6) is 0 Å². The SMILES string of the molecule is CC(C)NC(=O)N1CCC(C(=O)Nc2nccs2)CC1. The summed E-state index contributed by atoms with van der Waals surface area (Å²) in [6, 6.07) is 0.0900. The molecule has 0 unspecified atom stereocenters. The largest absolute Gasteiger partial charge is 0.336 e. The Labute approximate surface area is 122 Å². The highest BCUT2D eigenvalue weighted by Crippen LogP contribution is 2.20. The van der Waals surface area contributed by atoms with Crippen molar-refractivity contribution in [2.45, 2.75) is 32.7 Å². The van der Waals surface area contributed by atoms with Gasteiger partial charge in [-0.05, 0) is 26.7 Å². The van der Waals surface area contributed by atoms with E-state index in [1.165, 1.54) is 11.3 Å². The molecule has 7 heteroatoms. The van der Waals surface area contributed by atoms with Gasteiger partial charge in [-0.15, -0.1) is 11.3 Å². The molecule has 1 saturated heterocycles. The number of piperidine rings is 1. The highest BCUT2D eigenvalue weighted by atomic mass is 32.1. The van der Waals surface area contributed by atoms with Crippen LogP contribution in [0, 0.1) is 5.92 Å². The van der Waals surface area contributed by atoms with Gasteiger partial charge < -0.3 is 15.5 Å². The van der Waals surface area contributed by atoms with Gasteiger partial charge in [-0.2, -0.15) is 0 Å². The molecule has 1 fully saturated rings. The van der Waals surface area contributed by atoms with Crippen LogP contribution < -0.4 is 10.6 Å². The molecule has 1 aromatic rings. The third-order valence-electron chi connectivity index (χ3n) is 3.23. The Hall–Kier alpha value is -1.63. The third kappa shape index (κ3) is 3.93. The van der Waals surface area contributed by atoms with Crippen molar-refractivity contribution >= 4 is 28.4 Å². The minimum Gasteiger partial charge on any atom is -0.336 e. The zero-order valence-corrected chi connectivity index (χ0v) is 12.6. The number of carbonyl (C=O) groups excluding carboxylic acids is 2. The summed E-state index contributed by atoms with van der Waals surface area (Å²) in [6.07, 6.45) is 3.06. The molecule has 2 heterocycles. The van der Waals surface area contributed by atoms with Gasteiger partial charge >= 0.3 is 6.03 Å². The minimum atomic E-state index is -0.0428. The highest BCUT2D eigenvalue weighted by Gasteiger charge is 2.27. The Kier molecular flexibility index (Phi) is 4.94. The lowest BCUT2D eigenvalue weighted by atomic mass is 9.96. The lowest BCUT2D eigenvalue weighted by Crippen LogP contribution is -2.47. The smallest absolute Gasteiger partial charge is 0.317 e. The van der Waals surface area contributed by atoms with Crippen molar-refractivity contribution in [2.24, 2.45) is 5.92 Å². The van der Waals surface area contributed by atoms with Crippen molar-refractivity contribution in [3.8, 4) is 0 Å². The zero-order valence-electron chi connectivity index (χ0n) is 11.8. The maximum Gasteiger partial charge on any atom is 0.317 e. The number of thiazole rings is 1. The molecule has 0 radical (unpaired) electrons. The summed E-state index contributed by atoms with van der Waals surface area (Å²) in [5.74, 6) is -0.0362. The minimum absolute atomic E-state index is 0.00358. The normalized spacial score (nSPS) is 16.2. The summed E-state index contributed by atoms with van der Waals surface area (Å²) < 4.78 is 0. The number of amides is 3. The van der Waals surface area contributed by atoms with Gasteiger partial charge in [0.25, 0.3) is 0 Å². The first-order valence-electron chi connectivity index (χ1n) is 6.82. The van der Waals surface area contributed by atoms with Gasteiger partial charge in [0.05, 0.1) is 0 Å². The molecular weight excluding hydrogens is 276 g/mol. The molecular formula is C13H20N4O2S. The Bertz CT molecular complexity index is 453. The van der Waals surface area contributed by atoms with Crippen molar-refractivity contribution in [2.75, 3.05) is 18.4 Å². The molecule has 6 nitrogen and oxygen atoms in total. The first-order chi connectivity index (χ1) is 9.56. The maximum absolute atomic E-state index is 12.1. The van der Waals surface area contributed by atoms with E-state index in [0.717, 1.165) is 0 Å². The molecule has 0 aliphatic carbocycles. The molecule has 0 atom stereocenters. The molecule has 0 saturated carbocycles. The van der Waals surface area contributed by atoms with Gasteiger partial charge in [0.1, 0.15) is 0 Å². The summed E-state index contributed by atoms with van der Waals surface area (Å²) in [5, 5.41) is 8.15. The molecule has 20 heavy (non-hydrogen) atoms. The number of nitrogens with zero attached hydrogens (tertiary/aromatic N) is 2. The molecule has 0 spiro atoms. The average Bonchev–Trinajstić information content (AvgIpc) is 2.91. The van der Waals surface area contributed by atoms with Gasteiger partial charge in [0, 0.05) is 36.6 Å². The van der Waals surface area contributed by atoms with E-state index in [4.69, 9.17) is 0 Å². The monoisotopic (exact) mass is 296 g/mol. The highest BCUT2D eigenvalue weighted by molar-refractivity contribution is 7.13. The molecule has 2 rings (SSSR count). The number of nitrogens with one attached hydrogen (secondary N) is 2. The van der Waals surface area contributed by atoms with Crippen LogP contribution in [0.1, 0.15) is 26.7 Å². The van der Waals surface area contributed by atoms with Crippen LogP contribution in [-0.2, 0) is 4.79 Å². The van der Waals surface area contributed by atoms with E-state index in [0.29, 0.717) is 31.1 Å². The third-order valence-corrected chi connectivity index (χ3v) is 3.92. The fourth-order valence-corrected chi connectivity index (χ4v) is 2.71. The molecule has 0 aromatic carbocycles. The van der Waals surface area contributed by atoms with Gasteiger partial charge in [-0.3, -0.25) is 4.79 Å². The van der Waals surface area contributed by atoms with E-state index in [2.05, 4.69) is 15.6 Å². The second-order valence-corrected chi connectivity index (χ2v) is 6.09. The number of aromatic nitrogens is 1. The van der Waals surface area contributed by atoms with Crippen LogP contribution in [-0.4, -0.2) is 41.0 Å². The molecule has 3 amide bonds. The van der Waals surface area contributed by atoms with E-state index in [1.807, 2.05) is 19.2 Å². The van der Waals surface area contributed by atoms with Gasteiger partial charge in [0.2, 0.25) is 5.91 Å². The van der Waals surface area contributed by atoms with Gasteiger partial charge in [0.15, 0.2) is 5.13 Å². The summed E-state index contributed by atoms with van der Waals surface area (Å²) >= 11 is 1.41. The van der Waals surface area contributed by atoms with E-state index >= 15 is 0 Å². The molecule has 1 aliphatic heterocycles. The van der Waals surface area contributed by atoms with Crippen molar-refractivity contribution in [1.29, 1.82) is 0 Å². The number of hydrogen-bond acceptors (Lipinski definition) is 4. The average molecular weight is 296 g/mol. The molecule has 1 aromatic heterocycles. The number of hydrogen-bond donors (Lipinski definition) is 2. The van der Waals surface area contributed by atoms with Crippen LogP contribution in [0.15, 0.2) is 11.6 Å². The predicted molar refractivity (Wildman–Crippen MR) is 78.7 cm³/mol. The first-order valence-corrected chi connectivity index (χ1v) is 7.70. The Balaban J connectivity index is 1.79. The Morgan fingerprint density at radius 1 is 1.40 bits per heavy atom. The first kappa shape index (κ1) is 14.8. The Morgan fingerprint density at radius 3 is 2.65 bits per heavy atom. The summed E-state index contributed by atoms with van der Waals surface area (Å²) in [5.41, 5.74) is 0. The molecule has 1 aliphatic rings. The van der Waals surface area contributed by atoms with Crippen molar-refractivity contribution in [3.63, 3.8) is 0 Å². The van der Waals surface area contributed by atoms with Crippen LogP contribution in [0.4, 0.5) is 9.93 Å². The second-order valence-electron chi connectivity index (χ2n) is 5.19.